The minimum Gasteiger partial charge on any atom is -0.489 e. The Kier molecular flexibility index (Phi) is 6.16. The number of nitrogens with zero attached hydrogens (tertiary/aromatic N) is 3. The molecule has 1 aliphatic rings. The van der Waals surface area contributed by atoms with Gasteiger partial charge in [0.1, 0.15) is 35.2 Å². The average Bonchev–Trinajstić information content (AvgIpc) is 3.29. The third-order valence-electron chi connectivity index (χ3n) is 6.57. The van der Waals surface area contributed by atoms with Crippen molar-refractivity contribution in [2.75, 3.05) is 12.8 Å². The van der Waals surface area contributed by atoms with E-state index >= 15 is 0 Å². The fourth-order valence-corrected chi connectivity index (χ4v) is 4.90. The summed E-state index contributed by atoms with van der Waals surface area (Å²) in [6, 6.07) is 17.9. The molecule has 2 aromatic heterocycles. The van der Waals surface area contributed by atoms with Crippen LogP contribution in [0.25, 0.3) is 16.8 Å². The first-order chi connectivity index (χ1) is 16.7. The van der Waals surface area contributed by atoms with Crippen LogP contribution in [-0.2, 0) is 16.1 Å². The zero-order valence-corrected chi connectivity index (χ0v) is 19.2. The molecule has 1 saturated carbocycles. The topological polar surface area (TPSA) is 91.7 Å². The first-order valence-electron chi connectivity index (χ1n) is 11.6. The number of hydrogen-bond donors (Lipinski definition) is 1. The number of aromatic nitrogens is 3. The number of imidazole rings is 1. The highest BCUT2D eigenvalue weighted by molar-refractivity contribution is 5.86. The van der Waals surface area contributed by atoms with Crippen molar-refractivity contribution >= 4 is 17.3 Å². The van der Waals surface area contributed by atoms with E-state index in [9.17, 15) is 4.79 Å². The highest BCUT2D eigenvalue weighted by atomic mass is 16.5. The second kappa shape index (κ2) is 9.55. The van der Waals surface area contributed by atoms with Crippen LogP contribution in [0.1, 0.15) is 43.0 Å². The predicted octanol–water partition coefficient (Wildman–Crippen LogP) is 5.00. The average molecular weight is 457 g/mol. The molecule has 4 aromatic rings. The van der Waals surface area contributed by atoms with Crippen molar-refractivity contribution in [2.24, 2.45) is 5.92 Å². The molecule has 2 N–H and O–H groups in total. The number of anilines is 1. The van der Waals surface area contributed by atoms with Gasteiger partial charge in [0.2, 0.25) is 0 Å². The van der Waals surface area contributed by atoms with Gasteiger partial charge in [0.15, 0.2) is 0 Å². The molecule has 0 amide bonds. The second-order valence-corrected chi connectivity index (χ2v) is 8.67. The second-order valence-electron chi connectivity index (χ2n) is 8.67. The van der Waals surface area contributed by atoms with E-state index in [4.69, 9.17) is 20.2 Å². The lowest BCUT2D eigenvalue weighted by molar-refractivity contribution is -0.147. The first-order valence-corrected chi connectivity index (χ1v) is 11.6. The van der Waals surface area contributed by atoms with Crippen LogP contribution in [0.3, 0.4) is 0 Å². The van der Waals surface area contributed by atoms with E-state index in [-0.39, 0.29) is 17.8 Å². The molecule has 0 aliphatic heterocycles. The van der Waals surface area contributed by atoms with Crippen LogP contribution >= 0.6 is 0 Å². The molecular formula is C27H28N4O3. The van der Waals surface area contributed by atoms with Gasteiger partial charge in [-0.15, -0.1) is 0 Å². The van der Waals surface area contributed by atoms with Crippen molar-refractivity contribution < 1.29 is 14.3 Å². The van der Waals surface area contributed by atoms with E-state index < -0.39 is 0 Å². The molecule has 5 rings (SSSR count). The number of nitrogen functional groups attached to an aromatic ring is 1. The van der Waals surface area contributed by atoms with Gasteiger partial charge >= 0.3 is 5.97 Å². The molecular weight excluding hydrogens is 428 g/mol. The number of ether oxygens (including phenoxy) is 2. The third kappa shape index (κ3) is 4.21. The number of methoxy groups -OCH3 is 1. The van der Waals surface area contributed by atoms with E-state index in [2.05, 4.69) is 4.98 Å². The lowest BCUT2D eigenvalue weighted by Crippen LogP contribution is -2.28. The molecule has 34 heavy (non-hydrogen) atoms. The number of rotatable bonds is 6. The van der Waals surface area contributed by atoms with Crippen molar-refractivity contribution in [1.82, 2.24) is 14.4 Å². The van der Waals surface area contributed by atoms with Gasteiger partial charge in [-0.3, -0.25) is 9.20 Å². The van der Waals surface area contributed by atoms with Gasteiger partial charge in [-0.2, -0.15) is 0 Å². The van der Waals surface area contributed by atoms with Gasteiger partial charge in [0.05, 0.1) is 13.0 Å². The summed E-state index contributed by atoms with van der Waals surface area (Å²) in [4.78, 5) is 21.9. The van der Waals surface area contributed by atoms with Crippen molar-refractivity contribution in [3.63, 3.8) is 0 Å². The summed E-state index contributed by atoms with van der Waals surface area (Å²) >= 11 is 0. The normalized spacial score (nSPS) is 18.0. The van der Waals surface area contributed by atoms with E-state index in [1.165, 1.54) is 7.11 Å². The van der Waals surface area contributed by atoms with Gasteiger partial charge in [-0.05, 0) is 30.5 Å². The van der Waals surface area contributed by atoms with Gasteiger partial charge in [-0.1, -0.05) is 55.3 Å². The molecule has 0 saturated heterocycles. The summed E-state index contributed by atoms with van der Waals surface area (Å²) in [7, 11) is 1.45. The maximum absolute atomic E-state index is 12.6. The number of nitrogens with two attached hydrogens (primary N) is 1. The number of hydrogen-bond acceptors (Lipinski definition) is 6. The Labute approximate surface area is 198 Å². The SMILES string of the molecule is COC(=O)C1CCCCC1c1nc(-c2cccc(OCc3ccccc3)c2)c2c(N)nccn12. The lowest BCUT2D eigenvalue weighted by atomic mass is 9.78. The van der Waals surface area contributed by atoms with Crippen LogP contribution < -0.4 is 10.5 Å². The lowest BCUT2D eigenvalue weighted by Gasteiger charge is -2.28. The molecule has 174 valence electrons. The van der Waals surface area contributed by atoms with Crippen LogP contribution in [0, 0.1) is 5.92 Å². The fourth-order valence-electron chi connectivity index (χ4n) is 4.90. The smallest absolute Gasteiger partial charge is 0.309 e. The number of benzene rings is 2. The van der Waals surface area contributed by atoms with Crippen LogP contribution in [0.4, 0.5) is 5.82 Å². The summed E-state index contributed by atoms with van der Waals surface area (Å²) < 4.78 is 13.1. The van der Waals surface area contributed by atoms with E-state index in [0.717, 1.165) is 59.6 Å². The van der Waals surface area contributed by atoms with Crippen molar-refractivity contribution in [2.45, 2.75) is 38.2 Å². The Morgan fingerprint density at radius 1 is 1.12 bits per heavy atom. The number of carbonyl (C=O) groups is 1. The van der Waals surface area contributed by atoms with Crippen LogP contribution in [0.2, 0.25) is 0 Å². The highest BCUT2D eigenvalue weighted by Gasteiger charge is 2.36. The number of fused-ring (bicyclic) bond motifs is 1. The monoisotopic (exact) mass is 456 g/mol. The molecule has 1 aliphatic carbocycles. The van der Waals surface area contributed by atoms with Crippen LogP contribution in [0.15, 0.2) is 67.0 Å². The quantitative estimate of drug-likeness (QED) is 0.410. The van der Waals surface area contributed by atoms with Gasteiger partial charge in [-0.25, -0.2) is 9.97 Å². The maximum Gasteiger partial charge on any atom is 0.309 e. The molecule has 0 spiro atoms. The fraction of sp³-hybridized carbons (Fsp3) is 0.296. The molecule has 0 radical (unpaired) electrons. The molecule has 1 fully saturated rings. The Balaban J connectivity index is 1.54. The summed E-state index contributed by atoms with van der Waals surface area (Å²) in [5.41, 5.74) is 9.80. The molecule has 2 aromatic carbocycles. The summed E-state index contributed by atoms with van der Waals surface area (Å²) in [6.45, 7) is 0.478. The molecule has 2 atom stereocenters. The molecule has 7 heteroatoms. The minimum atomic E-state index is -0.216. The highest BCUT2D eigenvalue weighted by Crippen LogP contribution is 2.41. The summed E-state index contributed by atoms with van der Waals surface area (Å²) in [5, 5.41) is 0. The van der Waals surface area contributed by atoms with Crippen molar-refractivity contribution in [1.29, 1.82) is 0 Å². The van der Waals surface area contributed by atoms with E-state index in [1.807, 2.05) is 65.2 Å². The zero-order chi connectivity index (χ0) is 23.5. The van der Waals surface area contributed by atoms with Gasteiger partial charge in [0.25, 0.3) is 0 Å². The maximum atomic E-state index is 12.6. The Bertz CT molecular complexity index is 1300. The molecule has 0 bridgehead atoms. The first kappa shape index (κ1) is 21.9. The van der Waals surface area contributed by atoms with Gasteiger partial charge in [0, 0.05) is 23.9 Å². The van der Waals surface area contributed by atoms with Crippen molar-refractivity contribution in [3.05, 3.63) is 78.4 Å². The van der Waals surface area contributed by atoms with E-state index in [0.29, 0.717) is 12.4 Å². The van der Waals surface area contributed by atoms with Gasteiger partial charge < -0.3 is 15.2 Å². The Morgan fingerprint density at radius 3 is 2.76 bits per heavy atom. The largest absolute Gasteiger partial charge is 0.489 e. The summed E-state index contributed by atoms with van der Waals surface area (Å²) in [6.07, 6.45) is 7.28. The van der Waals surface area contributed by atoms with E-state index in [1.54, 1.807) is 6.20 Å². The number of esters is 1. The number of carbonyl (C=O) groups excluding carboxylic acids is 1. The standard InChI is InChI=1S/C27H28N4O3/c1-33-27(32)22-13-6-5-12-21(22)26-30-23(24-25(28)29-14-15-31(24)26)19-10-7-11-20(16-19)34-17-18-8-3-2-4-9-18/h2-4,7-11,14-16,21-22H,5-6,12-13,17H2,1H3,(H2,28,29). The van der Waals surface area contributed by atoms with Crippen LogP contribution in [0.5, 0.6) is 5.75 Å². The molecule has 2 heterocycles. The molecule has 7 nitrogen and oxygen atoms in total. The van der Waals surface area contributed by atoms with Crippen LogP contribution in [-0.4, -0.2) is 27.4 Å². The Morgan fingerprint density at radius 2 is 1.94 bits per heavy atom. The Hall–Kier alpha value is -3.87. The predicted molar refractivity (Wildman–Crippen MR) is 130 cm³/mol. The third-order valence-corrected chi connectivity index (χ3v) is 6.57. The minimum absolute atomic E-state index is 0.0400. The zero-order valence-electron chi connectivity index (χ0n) is 19.2. The van der Waals surface area contributed by atoms with Crippen molar-refractivity contribution in [3.8, 4) is 17.0 Å². The molecule has 2 unspecified atom stereocenters. The summed E-state index contributed by atoms with van der Waals surface area (Å²) in [5.74, 6) is 1.54.